The summed E-state index contributed by atoms with van der Waals surface area (Å²) in [6, 6.07) is 7.83. The van der Waals surface area contributed by atoms with Gasteiger partial charge in [0.1, 0.15) is 5.82 Å². The number of nitrogens with zero attached hydrogens (tertiary/aromatic N) is 3. The van der Waals surface area contributed by atoms with Crippen LogP contribution < -0.4 is 10.2 Å². The molecule has 1 N–H and O–H groups in total. The Morgan fingerprint density at radius 1 is 1.30 bits per heavy atom. The summed E-state index contributed by atoms with van der Waals surface area (Å²) in [4.78, 5) is 23.1. The summed E-state index contributed by atoms with van der Waals surface area (Å²) < 4.78 is 13.2. The SMILES string of the molecule is Cc1ccnc(N2CCC(C(=O)Nc3cccc(F)c3)CC2)n1. The van der Waals surface area contributed by atoms with Gasteiger partial charge in [-0.05, 0) is 44.0 Å². The van der Waals surface area contributed by atoms with Crippen molar-refractivity contribution in [3.05, 3.63) is 48.0 Å². The van der Waals surface area contributed by atoms with Crippen LogP contribution in [0.25, 0.3) is 0 Å². The molecular weight excluding hydrogens is 295 g/mol. The minimum absolute atomic E-state index is 0.0552. The van der Waals surface area contributed by atoms with Gasteiger partial charge in [-0.1, -0.05) is 6.07 Å². The number of nitrogens with one attached hydrogen (secondary N) is 1. The van der Waals surface area contributed by atoms with Crippen LogP contribution in [0.5, 0.6) is 0 Å². The molecule has 120 valence electrons. The van der Waals surface area contributed by atoms with Crippen LogP contribution in [-0.2, 0) is 4.79 Å². The number of aryl methyl sites for hydroxylation is 1. The lowest BCUT2D eigenvalue weighted by molar-refractivity contribution is -0.120. The highest BCUT2D eigenvalue weighted by Gasteiger charge is 2.26. The first-order valence-corrected chi connectivity index (χ1v) is 7.73. The number of hydrogen-bond donors (Lipinski definition) is 1. The van der Waals surface area contributed by atoms with Crippen molar-refractivity contribution in [2.45, 2.75) is 19.8 Å². The molecule has 0 atom stereocenters. The van der Waals surface area contributed by atoms with Crippen molar-refractivity contribution in [2.24, 2.45) is 5.92 Å². The summed E-state index contributed by atoms with van der Waals surface area (Å²) in [6.07, 6.45) is 3.22. The predicted molar refractivity (Wildman–Crippen MR) is 86.7 cm³/mol. The van der Waals surface area contributed by atoms with E-state index in [2.05, 4.69) is 20.2 Å². The van der Waals surface area contributed by atoms with E-state index in [0.29, 0.717) is 11.6 Å². The van der Waals surface area contributed by atoms with Gasteiger partial charge >= 0.3 is 0 Å². The van der Waals surface area contributed by atoms with Crippen molar-refractivity contribution in [2.75, 3.05) is 23.3 Å². The highest BCUT2D eigenvalue weighted by Crippen LogP contribution is 2.22. The normalized spacial score (nSPS) is 15.5. The van der Waals surface area contributed by atoms with Crippen molar-refractivity contribution in [3.63, 3.8) is 0 Å². The fourth-order valence-electron chi connectivity index (χ4n) is 2.74. The molecule has 6 heteroatoms. The third-order valence-electron chi connectivity index (χ3n) is 4.02. The molecule has 1 fully saturated rings. The van der Waals surface area contributed by atoms with Crippen LogP contribution >= 0.6 is 0 Å². The van der Waals surface area contributed by atoms with E-state index in [-0.39, 0.29) is 17.6 Å². The molecule has 0 saturated carbocycles. The fourth-order valence-corrected chi connectivity index (χ4v) is 2.74. The standard InChI is InChI=1S/C17H19FN4O/c1-12-5-8-19-17(20-12)22-9-6-13(7-10-22)16(23)21-15-4-2-3-14(18)11-15/h2-5,8,11,13H,6-7,9-10H2,1H3,(H,21,23). The number of hydrogen-bond acceptors (Lipinski definition) is 4. The molecule has 23 heavy (non-hydrogen) atoms. The van der Waals surface area contributed by atoms with Crippen LogP contribution in [0.3, 0.4) is 0 Å². The summed E-state index contributed by atoms with van der Waals surface area (Å²) in [7, 11) is 0. The molecule has 5 nitrogen and oxygen atoms in total. The molecule has 0 aliphatic carbocycles. The van der Waals surface area contributed by atoms with Gasteiger partial charge in [-0.2, -0.15) is 0 Å². The molecule has 1 aromatic carbocycles. The summed E-state index contributed by atoms with van der Waals surface area (Å²) in [5.74, 6) is 0.239. The molecular formula is C17H19FN4O. The van der Waals surface area contributed by atoms with Crippen molar-refractivity contribution in [1.29, 1.82) is 0 Å². The largest absolute Gasteiger partial charge is 0.341 e. The van der Waals surface area contributed by atoms with Gasteiger partial charge in [0.15, 0.2) is 0 Å². The lowest BCUT2D eigenvalue weighted by Crippen LogP contribution is -2.39. The average Bonchev–Trinajstić information content (AvgIpc) is 2.55. The van der Waals surface area contributed by atoms with Gasteiger partial charge in [-0.3, -0.25) is 4.79 Å². The molecule has 1 aliphatic rings. The Hall–Kier alpha value is -2.50. The first-order valence-electron chi connectivity index (χ1n) is 7.73. The van der Waals surface area contributed by atoms with Crippen LogP contribution in [-0.4, -0.2) is 29.0 Å². The van der Waals surface area contributed by atoms with E-state index >= 15 is 0 Å². The highest BCUT2D eigenvalue weighted by atomic mass is 19.1. The molecule has 1 saturated heterocycles. The van der Waals surface area contributed by atoms with E-state index in [4.69, 9.17) is 0 Å². The second kappa shape index (κ2) is 6.73. The maximum Gasteiger partial charge on any atom is 0.227 e. The zero-order valence-corrected chi connectivity index (χ0v) is 13.0. The number of carbonyl (C=O) groups excluding carboxylic acids is 1. The molecule has 0 spiro atoms. The number of rotatable bonds is 3. The number of anilines is 2. The smallest absolute Gasteiger partial charge is 0.227 e. The minimum Gasteiger partial charge on any atom is -0.341 e. The van der Waals surface area contributed by atoms with E-state index in [9.17, 15) is 9.18 Å². The van der Waals surface area contributed by atoms with Crippen LogP contribution in [0.2, 0.25) is 0 Å². The zero-order valence-electron chi connectivity index (χ0n) is 13.0. The third kappa shape index (κ3) is 3.83. The van der Waals surface area contributed by atoms with Crippen molar-refractivity contribution >= 4 is 17.5 Å². The number of benzene rings is 1. The second-order valence-corrected chi connectivity index (χ2v) is 5.76. The molecule has 0 radical (unpaired) electrons. The van der Waals surface area contributed by atoms with Crippen molar-refractivity contribution in [1.82, 2.24) is 9.97 Å². The maximum atomic E-state index is 13.2. The molecule has 1 aromatic heterocycles. The number of halogens is 1. The quantitative estimate of drug-likeness (QED) is 0.946. The van der Waals surface area contributed by atoms with Crippen LogP contribution in [0, 0.1) is 18.7 Å². The molecule has 0 bridgehead atoms. The topological polar surface area (TPSA) is 58.1 Å². The number of amides is 1. The Kier molecular flexibility index (Phi) is 4.50. The van der Waals surface area contributed by atoms with Gasteiger partial charge in [-0.25, -0.2) is 14.4 Å². The zero-order chi connectivity index (χ0) is 16.2. The molecule has 2 aromatic rings. The summed E-state index contributed by atoms with van der Waals surface area (Å²) in [5, 5.41) is 2.79. The number of aromatic nitrogens is 2. The third-order valence-corrected chi connectivity index (χ3v) is 4.02. The number of piperidine rings is 1. The highest BCUT2D eigenvalue weighted by molar-refractivity contribution is 5.92. The molecule has 3 rings (SSSR count). The van der Waals surface area contributed by atoms with Crippen LogP contribution in [0.4, 0.5) is 16.0 Å². The minimum atomic E-state index is -0.353. The summed E-state index contributed by atoms with van der Waals surface area (Å²) in [5.41, 5.74) is 1.43. The van der Waals surface area contributed by atoms with Crippen LogP contribution in [0.15, 0.2) is 36.5 Å². The molecule has 1 aliphatic heterocycles. The average molecular weight is 314 g/mol. The first-order chi connectivity index (χ1) is 11.1. The first kappa shape index (κ1) is 15.4. The summed E-state index contributed by atoms with van der Waals surface area (Å²) >= 11 is 0. The Morgan fingerprint density at radius 2 is 2.09 bits per heavy atom. The van der Waals surface area contributed by atoms with Gasteiger partial charge in [-0.15, -0.1) is 0 Å². The number of carbonyl (C=O) groups is 1. The molecule has 0 unspecified atom stereocenters. The lowest BCUT2D eigenvalue weighted by atomic mass is 9.96. The van der Waals surface area contributed by atoms with E-state index in [1.54, 1.807) is 18.3 Å². The van der Waals surface area contributed by atoms with Gasteiger partial charge in [0.05, 0.1) is 0 Å². The van der Waals surface area contributed by atoms with Crippen molar-refractivity contribution in [3.8, 4) is 0 Å². The second-order valence-electron chi connectivity index (χ2n) is 5.76. The maximum absolute atomic E-state index is 13.2. The van der Waals surface area contributed by atoms with Crippen LogP contribution in [0.1, 0.15) is 18.5 Å². The lowest BCUT2D eigenvalue weighted by Gasteiger charge is -2.31. The Bertz CT molecular complexity index is 698. The fraction of sp³-hybridized carbons (Fsp3) is 0.353. The van der Waals surface area contributed by atoms with E-state index in [1.807, 2.05) is 13.0 Å². The van der Waals surface area contributed by atoms with Gasteiger partial charge in [0.2, 0.25) is 11.9 Å². The van der Waals surface area contributed by atoms with E-state index < -0.39 is 0 Å². The van der Waals surface area contributed by atoms with Crippen molar-refractivity contribution < 1.29 is 9.18 Å². The predicted octanol–water partition coefficient (Wildman–Crippen LogP) is 2.78. The summed E-state index contributed by atoms with van der Waals surface area (Å²) in [6.45, 7) is 3.42. The van der Waals surface area contributed by atoms with E-state index in [1.165, 1.54) is 12.1 Å². The Labute approximate surface area is 134 Å². The molecule has 2 heterocycles. The van der Waals surface area contributed by atoms with Gasteiger partial charge in [0, 0.05) is 36.6 Å². The Morgan fingerprint density at radius 3 is 2.78 bits per heavy atom. The van der Waals surface area contributed by atoms with E-state index in [0.717, 1.165) is 31.6 Å². The Balaban J connectivity index is 1.57. The van der Waals surface area contributed by atoms with Gasteiger partial charge < -0.3 is 10.2 Å². The van der Waals surface area contributed by atoms with Gasteiger partial charge in [0.25, 0.3) is 0 Å². The monoisotopic (exact) mass is 314 g/mol. The molecule has 1 amide bonds.